The number of aryl methyl sites for hydroxylation is 1. The lowest BCUT2D eigenvalue weighted by Gasteiger charge is -2.12. The molecule has 0 unspecified atom stereocenters. The minimum Gasteiger partial charge on any atom is -0.383 e. The van der Waals surface area contributed by atoms with Crippen LogP contribution in [0.15, 0.2) is 53.7 Å². The highest BCUT2D eigenvalue weighted by molar-refractivity contribution is 7.90. The Labute approximate surface area is 180 Å². The van der Waals surface area contributed by atoms with Crippen LogP contribution < -0.4 is 11.1 Å². The molecule has 1 aliphatic rings. The van der Waals surface area contributed by atoms with Gasteiger partial charge in [0.25, 0.3) is 5.91 Å². The monoisotopic (exact) mass is 438 g/mol. The molecule has 3 N–H and O–H groups in total. The number of rotatable bonds is 6. The summed E-state index contributed by atoms with van der Waals surface area (Å²) in [7, 11) is -3.61. The van der Waals surface area contributed by atoms with Crippen LogP contribution in [0.5, 0.6) is 0 Å². The van der Waals surface area contributed by atoms with Crippen LogP contribution in [-0.2, 0) is 9.84 Å². The van der Waals surface area contributed by atoms with E-state index in [-0.39, 0.29) is 33.9 Å². The summed E-state index contributed by atoms with van der Waals surface area (Å²) in [6.07, 6.45) is 4.41. The second kappa shape index (κ2) is 7.66. The summed E-state index contributed by atoms with van der Waals surface area (Å²) in [4.78, 5) is 29.6. The fraction of sp³-hybridized carbons (Fsp3) is 0.227. The molecular weight excluding hydrogens is 416 g/mol. The first-order valence-corrected chi connectivity index (χ1v) is 11.6. The van der Waals surface area contributed by atoms with E-state index in [2.05, 4.69) is 10.3 Å². The molecule has 0 atom stereocenters. The Morgan fingerprint density at radius 1 is 1.16 bits per heavy atom. The number of nitrogens with two attached hydrogens (primary N) is 1. The molecule has 1 amide bonds. The minimum atomic E-state index is -3.61. The van der Waals surface area contributed by atoms with Gasteiger partial charge in [-0.25, -0.2) is 13.4 Å². The molecule has 0 aliphatic heterocycles. The van der Waals surface area contributed by atoms with Gasteiger partial charge in [0.1, 0.15) is 12.1 Å². The highest BCUT2D eigenvalue weighted by Gasteiger charge is 2.26. The van der Waals surface area contributed by atoms with E-state index < -0.39 is 15.6 Å². The zero-order valence-electron chi connectivity index (χ0n) is 17.1. The van der Waals surface area contributed by atoms with Gasteiger partial charge in [-0.15, -0.1) is 0 Å². The van der Waals surface area contributed by atoms with Crippen molar-refractivity contribution in [2.24, 2.45) is 0 Å². The van der Waals surface area contributed by atoms with E-state index in [0.717, 1.165) is 24.7 Å². The highest BCUT2D eigenvalue weighted by Crippen LogP contribution is 2.26. The number of nitrogens with zero attached hydrogens (tertiary/aromatic N) is 2. The molecule has 1 heterocycles. The maximum atomic E-state index is 13.1. The Bertz CT molecular complexity index is 1310. The predicted octanol–water partition coefficient (Wildman–Crippen LogP) is 2.29. The van der Waals surface area contributed by atoms with Crippen LogP contribution >= 0.6 is 0 Å². The minimum absolute atomic E-state index is 0.0104. The summed E-state index contributed by atoms with van der Waals surface area (Å²) in [6, 6.07) is 11.4. The van der Waals surface area contributed by atoms with Crippen molar-refractivity contribution in [3.8, 4) is 5.69 Å². The van der Waals surface area contributed by atoms with Crippen LogP contribution in [0, 0.1) is 6.92 Å². The Balaban J connectivity index is 1.73. The van der Waals surface area contributed by atoms with Crippen molar-refractivity contribution in [1.29, 1.82) is 0 Å². The van der Waals surface area contributed by atoms with E-state index in [9.17, 15) is 18.0 Å². The zero-order chi connectivity index (χ0) is 22.3. The van der Waals surface area contributed by atoms with E-state index in [1.165, 1.54) is 23.0 Å². The van der Waals surface area contributed by atoms with Crippen LogP contribution in [0.4, 0.5) is 5.82 Å². The van der Waals surface area contributed by atoms with Crippen molar-refractivity contribution < 1.29 is 18.0 Å². The van der Waals surface area contributed by atoms with Gasteiger partial charge < -0.3 is 11.1 Å². The summed E-state index contributed by atoms with van der Waals surface area (Å²) in [6.45, 7) is 1.86. The van der Waals surface area contributed by atoms with E-state index in [4.69, 9.17) is 5.73 Å². The van der Waals surface area contributed by atoms with Crippen molar-refractivity contribution in [1.82, 2.24) is 14.9 Å². The van der Waals surface area contributed by atoms with E-state index in [0.29, 0.717) is 11.3 Å². The van der Waals surface area contributed by atoms with Gasteiger partial charge in [0.15, 0.2) is 15.5 Å². The third-order valence-electron chi connectivity index (χ3n) is 5.19. The largest absolute Gasteiger partial charge is 0.383 e. The SMILES string of the molecule is Cc1ccc(C(=O)NC2CC2)cc1-n1cnc(C(=O)c2ccccc2S(C)(=O)=O)c1N. The van der Waals surface area contributed by atoms with Gasteiger partial charge in [0, 0.05) is 23.4 Å². The van der Waals surface area contributed by atoms with Crippen LogP contribution in [0.1, 0.15) is 44.8 Å². The lowest BCUT2D eigenvalue weighted by molar-refractivity contribution is 0.0950. The van der Waals surface area contributed by atoms with Crippen LogP contribution in [0.25, 0.3) is 5.69 Å². The Kier molecular flexibility index (Phi) is 5.14. The average molecular weight is 439 g/mol. The van der Waals surface area contributed by atoms with Gasteiger partial charge in [-0.3, -0.25) is 14.2 Å². The first-order valence-electron chi connectivity index (χ1n) is 9.75. The van der Waals surface area contributed by atoms with Crippen molar-refractivity contribution in [2.45, 2.75) is 30.7 Å². The normalized spacial score (nSPS) is 13.7. The third kappa shape index (κ3) is 4.09. The Morgan fingerprint density at radius 3 is 2.55 bits per heavy atom. The van der Waals surface area contributed by atoms with Crippen LogP contribution in [0.3, 0.4) is 0 Å². The summed E-state index contributed by atoms with van der Waals surface area (Å²) >= 11 is 0. The topological polar surface area (TPSA) is 124 Å². The molecule has 31 heavy (non-hydrogen) atoms. The molecule has 3 aromatic rings. The molecule has 1 aromatic heterocycles. The molecular formula is C22H22N4O4S. The number of aromatic nitrogens is 2. The maximum absolute atomic E-state index is 13.1. The predicted molar refractivity (Wildman–Crippen MR) is 116 cm³/mol. The molecule has 0 spiro atoms. The molecule has 4 rings (SSSR count). The highest BCUT2D eigenvalue weighted by atomic mass is 32.2. The Morgan fingerprint density at radius 2 is 1.87 bits per heavy atom. The molecule has 1 fully saturated rings. The smallest absolute Gasteiger partial charge is 0.251 e. The number of ketones is 1. The zero-order valence-corrected chi connectivity index (χ0v) is 17.9. The van der Waals surface area contributed by atoms with Gasteiger partial charge in [0.2, 0.25) is 5.78 Å². The number of benzene rings is 2. The molecule has 2 aromatic carbocycles. The number of nitrogens with one attached hydrogen (secondary N) is 1. The number of amides is 1. The van der Waals surface area contributed by atoms with E-state index in [1.807, 2.05) is 6.92 Å². The summed E-state index contributed by atoms with van der Waals surface area (Å²) in [5.74, 6) is -0.686. The molecule has 8 nitrogen and oxygen atoms in total. The lowest BCUT2D eigenvalue weighted by atomic mass is 10.1. The van der Waals surface area contributed by atoms with Gasteiger partial charge >= 0.3 is 0 Å². The van der Waals surface area contributed by atoms with Gasteiger partial charge in [-0.2, -0.15) is 0 Å². The molecule has 160 valence electrons. The van der Waals surface area contributed by atoms with Crippen molar-refractivity contribution >= 4 is 27.3 Å². The van der Waals surface area contributed by atoms with E-state index in [1.54, 1.807) is 30.3 Å². The average Bonchev–Trinajstić information content (AvgIpc) is 3.46. The number of carbonyl (C=O) groups is 2. The molecule has 0 radical (unpaired) electrons. The third-order valence-corrected chi connectivity index (χ3v) is 6.35. The number of sulfone groups is 1. The second-order valence-electron chi connectivity index (χ2n) is 7.69. The van der Waals surface area contributed by atoms with Gasteiger partial charge in [-0.1, -0.05) is 18.2 Å². The fourth-order valence-corrected chi connectivity index (χ4v) is 4.22. The summed E-state index contributed by atoms with van der Waals surface area (Å²) in [5.41, 5.74) is 8.14. The number of hydrogen-bond donors (Lipinski definition) is 2. The lowest BCUT2D eigenvalue weighted by Crippen LogP contribution is -2.25. The molecule has 1 aliphatic carbocycles. The van der Waals surface area contributed by atoms with Crippen molar-refractivity contribution in [2.75, 3.05) is 12.0 Å². The maximum Gasteiger partial charge on any atom is 0.251 e. The van der Waals surface area contributed by atoms with E-state index >= 15 is 0 Å². The first kappa shape index (κ1) is 20.8. The number of hydrogen-bond acceptors (Lipinski definition) is 6. The van der Waals surface area contributed by atoms with Crippen molar-refractivity contribution in [3.05, 3.63) is 71.2 Å². The number of nitrogen functional groups attached to an aromatic ring is 1. The molecule has 9 heteroatoms. The molecule has 1 saturated carbocycles. The summed E-state index contributed by atoms with van der Waals surface area (Å²) in [5, 5.41) is 2.94. The van der Waals surface area contributed by atoms with Crippen LogP contribution in [0.2, 0.25) is 0 Å². The molecule has 0 saturated heterocycles. The molecule has 0 bridgehead atoms. The van der Waals surface area contributed by atoms with Crippen LogP contribution in [-0.4, -0.2) is 42.0 Å². The van der Waals surface area contributed by atoms with Gasteiger partial charge in [-0.05, 0) is 49.6 Å². The van der Waals surface area contributed by atoms with Crippen molar-refractivity contribution in [3.63, 3.8) is 0 Å². The first-order chi connectivity index (χ1) is 14.7. The number of carbonyl (C=O) groups excluding carboxylic acids is 2. The summed E-state index contributed by atoms with van der Waals surface area (Å²) < 4.78 is 25.7. The fourth-order valence-electron chi connectivity index (χ4n) is 3.34. The number of anilines is 1. The second-order valence-corrected chi connectivity index (χ2v) is 9.68. The quantitative estimate of drug-likeness (QED) is 0.569. The van der Waals surface area contributed by atoms with Gasteiger partial charge in [0.05, 0.1) is 10.6 Å². The Hall–Kier alpha value is -3.46. The number of imidazole rings is 1. The standard InChI is InChI=1S/C22H22N4O4S/c1-13-7-8-14(22(28)25-15-9-10-15)11-17(13)26-12-24-19(21(26)23)20(27)16-5-3-4-6-18(16)31(2,29)30/h3-8,11-12,15H,9-10,23H2,1-2H3,(H,25,28).